The summed E-state index contributed by atoms with van der Waals surface area (Å²) in [5, 5.41) is 10.2. The molecular formula is C17H13N3O5S. The lowest BCUT2D eigenvalue weighted by Crippen LogP contribution is -2.59. The minimum atomic E-state index is -1.17. The average Bonchev–Trinajstić information content (AvgIpc) is 3.00. The molecule has 0 aliphatic carbocycles. The van der Waals surface area contributed by atoms with E-state index in [4.69, 9.17) is 4.74 Å². The molecule has 0 bridgehead atoms. The van der Waals surface area contributed by atoms with Crippen LogP contribution in [-0.2, 0) is 19.1 Å². The molecule has 1 fully saturated rings. The van der Waals surface area contributed by atoms with Gasteiger partial charge in [-0.2, -0.15) is 0 Å². The maximum atomic E-state index is 12.6. The zero-order valence-electron chi connectivity index (χ0n) is 13.5. The molecule has 2 unspecified atom stereocenters. The summed E-state index contributed by atoms with van der Waals surface area (Å²) in [5.74, 6) is -2.84. The normalized spacial score (nSPS) is 22.4. The van der Waals surface area contributed by atoms with Crippen molar-refractivity contribution in [2.75, 3.05) is 0 Å². The molecule has 2 aromatic rings. The Morgan fingerprint density at radius 3 is 2.73 bits per heavy atom. The Morgan fingerprint density at radius 1 is 1.31 bits per heavy atom. The van der Waals surface area contributed by atoms with Gasteiger partial charge in [0.15, 0.2) is 6.10 Å². The minimum absolute atomic E-state index is 0.0626. The van der Waals surface area contributed by atoms with Crippen molar-refractivity contribution in [3.8, 4) is 0 Å². The van der Waals surface area contributed by atoms with Gasteiger partial charge in [0.1, 0.15) is 22.7 Å². The standard InChI is InChI=1S/C17H13N3O5S/c1-8(21)25-14(11-6-18-9-4-2-3-5-10(9)19-11)13-15(22)20-12(17(23)24)7-26-16(13)20/h2-7,13-14,16H,1H3,(H,23,24)/t13?,14?,16-/m1/s1. The molecule has 26 heavy (non-hydrogen) atoms. The number of aromatic nitrogens is 2. The van der Waals surface area contributed by atoms with Gasteiger partial charge in [-0.3, -0.25) is 19.5 Å². The monoisotopic (exact) mass is 371 g/mol. The van der Waals surface area contributed by atoms with Crippen LogP contribution < -0.4 is 0 Å². The Bertz CT molecular complexity index is 976. The fraction of sp³-hybridized carbons (Fsp3) is 0.235. The van der Waals surface area contributed by atoms with Crippen LogP contribution in [0.25, 0.3) is 11.0 Å². The SMILES string of the molecule is CC(=O)OC(c1cnc2ccccc2n1)C1C(=O)N2C(C(=O)O)=CS[C@H]12. The number of hydrogen-bond donors (Lipinski definition) is 1. The molecule has 2 aliphatic rings. The number of carbonyl (C=O) groups excluding carboxylic acids is 2. The number of fused-ring (bicyclic) bond motifs is 2. The second-order valence-electron chi connectivity index (χ2n) is 5.88. The highest BCUT2D eigenvalue weighted by atomic mass is 32.2. The van der Waals surface area contributed by atoms with Crippen LogP contribution in [0.15, 0.2) is 41.6 Å². The zero-order valence-corrected chi connectivity index (χ0v) is 14.3. The molecule has 1 amide bonds. The molecule has 132 valence electrons. The number of ether oxygens (including phenoxy) is 1. The van der Waals surface area contributed by atoms with Crippen molar-refractivity contribution >= 4 is 40.6 Å². The summed E-state index contributed by atoms with van der Waals surface area (Å²) in [6.07, 6.45) is 0.559. The van der Waals surface area contributed by atoms with Crippen molar-refractivity contribution < 1.29 is 24.2 Å². The lowest BCUT2D eigenvalue weighted by Gasteiger charge is -2.44. The minimum Gasteiger partial charge on any atom is -0.477 e. The molecule has 0 radical (unpaired) electrons. The Balaban J connectivity index is 1.69. The lowest BCUT2D eigenvalue weighted by atomic mass is 9.89. The quantitative estimate of drug-likeness (QED) is 0.639. The summed E-state index contributed by atoms with van der Waals surface area (Å²) in [7, 11) is 0. The summed E-state index contributed by atoms with van der Waals surface area (Å²) < 4.78 is 5.39. The molecule has 4 rings (SSSR count). The van der Waals surface area contributed by atoms with Crippen LogP contribution in [0.4, 0.5) is 0 Å². The van der Waals surface area contributed by atoms with Gasteiger partial charge in [0, 0.05) is 12.3 Å². The number of nitrogens with zero attached hydrogens (tertiary/aromatic N) is 3. The summed E-state index contributed by atoms with van der Waals surface area (Å²) in [5.41, 5.74) is 1.60. The number of carbonyl (C=O) groups is 3. The third kappa shape index (κ3) is 2.51. The van der Waals surface area contributed by atoms with E-state index in [1.54, 1.807) is 12.1 Å². The number of thioether (sulfide) groups is 1. The van der Waals surface area contributed by atoms with Crippen LogP contribution >= 0.6 is 11.8 Å². The van der Waals surface area contributed by atoms with Gasteiger partial charge in [-0.05, 0) is 12.1 Å². The van der Waals surface area contributed by atoms with E-state index in [-0.39, 0.29) is 5.70 Å². The van der Waals surface area contributed by atoms with Crippen LogP contribution in [0, 0.1) is 5.92 Å². The number of hydrogen-bond acceptors (Lipinski definition) is 7. The van der Waals surface area contributed by atoms with E-state index >= 15 is 0 Å². The van der Waals surface area contributed by atoms with Gasteiger partial charge in [-0.25, -0.2) is 9.78 Å². The summed E-state index contributed by atoms with van der Waals surface area (Å²) in [4.78, 5) is 45.4. The predicted octanol–water partition coefficient (Wildman–Crippen LogP) is 1.69. The van der Waals surface area contributed by atoms with Crippen molar-refractivity contribution in [3.63, 3.8) is 0 Å². The molecule has 1 N–H and O–H groups in total. The van der Waals surface area contributed by atoms with Crippen LogP contribution in [-0.4, -0.2) is 43.2 Å². The Kier molecular flexibility index (Phi) is 3.87. The fourth-order valence-corrected chi connectivity index (χ4v) is 4.37. The molecule has 2 aliphatic heterocycles. The van der Waals surface area contributed by atoms with Crippen molar-refractivity contribution in [2.45, 2.75) is 18.4 Å². The van der Waals surface area contributed by atoms with E-state index in [9.17, 15) is 19.5 Å². The second kappa shape index (κ2) is 6.10. The van der Waals surface area contributed by atoms with Gasteiger partial charge in [-0.1, -0.05) is 12.1 Å². The van der Waals surface area contributed by atoms with Crippen LogP contribution in [0.5, 0.6) is 0 Å². The van der Waals surface area contributed by atoms with Gasteiger partial charge >= 0.3 is 11.9 Å². The summed E-state index contributed by atoms with van der Waals surface area (Å²) in [6.45, 7) is 1.26. The van der Waals surface area contributed by atoms with E-state index in [1.165, 1.54) is 35.2 Å². The highest BCUT2D eigenvalue weighted by Crippen LogP contribution is 2.50. The van der Waals surface area contributed by atoms with Crippen molar-refractivity contribution in [1.29, 1.82) is 0 Å². The Morgan fingerprint density at radius 2 is 2.04 bits per heavy atom. The van der Waals surface area contributed by atoms with Gasteiger partial charge < -0.3 is 9.84 Å². The maximum absolute atomic E-state index is 12.6. The first-order valence-corrected chi connectivity index (χ1v) is 8.72. The van der Waals surface area contributed by atoms with Crippen LogP contribution in [0.3, 0.4) is 0 Å². The molecule has 8 nitrogen and oxygen atoms in total. The van der Waals surface area contributed by atoms with E-state index in [0.717, 1.165) is 0 Å². The molecule has 3 heterocycles. The molecular weight excluding hydrogens is 358 g/mol. The molecule has 1 saturated heterocycles. The highest BCUT2D eigenvalue weighted by Gasteiger charge is 2.58. The lowest BCUT2D eigenvalue weighted by molar-refractivity contribution is -0.167. The Hall–Kier alpha value is -2.94. The third-order valence-corrected chi connectivity index (χ3v) is 5.40. The summed E-state index contributed by atoms with van der Waals surface area (Å²) >= 11 is 1.22. The molecule has 1 aromatic heterocycles. The summed E-state index contributed by atoms with van der Waals surface area (Å²) in [6, 6.07) is 7.23. The molecule has 1 aromatic carbocycles. The largest absolute Gasteiger partial charge is 0.477 e. The van der Waals surface area contributed by atoms with E-state index in [2.05, 4.69) is 9.97 Å². The molecule has 0 saturated carbocycles. The first-order valence-electron chi connectivity index (χ1n) is 7.78. The highest BCUT2D eigenvalue weighted by molar-refractivity contribution is 8.03. The number of amides is 1. The topological polar surface area (TPSA) is 110 Å². The second-order valence-corrected chi connectivity index (χ2v) is 6.87. The third-order valence-electron chi connectivity index (χ3n) is 4.26. The number of carboxylic acids is 1. The van der Waals surface area contributed by atoms with Crippen molar-refractivity contribution in [1.82, 2.24) is 14.9 Å². The van der Waals surface area contributed by atoms with Gasteiger partial charge in [0.05, 0.1) is 17.2 Å². The molecule has 9 heteroatoms. The maximum Gasteiger partial charge on any atom is 0.353 e. The number of para-hydroxylation sites is 2. The predicted molar refractivity (Wildman–Crippen MR) is 91.5 cm³/mol. The van der Waals surface area contributed by atoms with Crippen molar-refractivity contribution in [2.24, 2.45) is 5.92 Å². The smallest absolute Gasteiger partial charge is 0.353 e. The fourth-order valence-electron chi connectivity index (χ4n) is 3.12. The number of β-lactam (4-membered cyclic amide) rings is 1. The number of aliphatic carboxylic acids is 1. The van der Waals surface area contributed by atoms with Crippen LogP contribution in [0.1, 0.15) is 18.7 Å². The van der Waals surface area contributed by atoms with Crippen LogP contribution in [0.2, 0.25) is 0 Å². The Labute approximate surface area is 151 Å². The van der Waals surface area contributed by atoms with Gasteiger partial charge in [-0.15, -0.1) is 11.8 Å². The van der Waals surface area contributed by atoms with Gasteiger partial charge in [0.25, 0.3) is 0 Å². The van der Waals surface area contributed by atoms with E-state index < -0.39 is 35.2 Å². The van der Waals surface area contributed by atoms with Crippen molar-refractivity contribution in [3.05, 3.63) is 47.3 Å². The number of rotatable bonds is 4. The van der Waals surface area contributed by atoms with E-state index in [0.29, 0.717) is 16.7 Å². The first-order chi connectivity index (χ1) is 12.5. The van der Waals surface area contributed by atoms with Gasteiger partial charge in [0.2, 0.25) is 5.91 Å². The molecule has 3 atom stereocenters. The van der Waals surface area contributed by atoms with E-state index in [1.807, 2.05) is 12.1 Å². The zero-order chi connectivity index (χ0) is 18.4. The number of esters is 1. The number of benzene rings is 1. The first kappa shape index (κ1) is 16.5. The number of carboxylic acid groups (broad SMARTS) is 1. The average molecular weight is 371 g/mol. The molecule has 0 spiro atoms.